The molecule has 1 aromatic rings. The third-order valence-corrected chi connectivity index (χ3v) is 2.68. The lowest BCUT2D eigenvalue weighted by atomic mass is 10.1. The molecule has 0 saturated heterocycles. The Morgan fingerprint density at radius 2 is 2.27 bits per heavy atom. The number of halogens is 2. The van der Waals surface area contributed by atoms with E-state index in [-0.39, 0.29) is 21.5 Å². The van der Waals surface area contributed by atoms with Crippen LogP contribution in [-0.4, -0.2) is 18.8 Å². The summed E-state index contributed by atoms with van der Waals surface area (Å²) in [5, 5.41) is 9.69. The number of aromatic hydroxyl groups is 1. The van der Waals surface area contributed by atoms with Crippen molar-refractivity contribution in [1.29, 1.82) is 0 Å². The fourth-order valence-electron chi connectivity index (χ4n) is 1.31. The zero-order chi connectivity index (χ0) is 11.4. The van der Waals surface area contributed by atoms with Gasteiger partial charge in [0, 0.05) is 11.6 Å². The summed E-state index contributed by atoms with van der Waals surface area (Å²) in [5.74, 6) is -0.344. The molecule has 1 aromatic carbocycles. The molecule has 0 atom stereocenters. The lowest BCUT2D eigenvalue weighted by Crippen LogP contribution is -2.03. The summed E-state index contributed by atoms with van der Waals surface area (Å²) in [6.45, 7) is 0.452. The van der Waals surface area contributed by atoms with E-state index in [2.05, 4.69) is 15.9 Å². The average molecular weight is 278 g/mol. The SMILES string of the molecule is COc1cc(Br)c(F)c(CCCN)c1O. The van der Waals surface area contributed by atoms with E-state index in [0.717, 1.165) is 0 Å². The largest absolute Gasteiger partial charge is 0.504 e. The number of phenols is 1. The van der Waals surface area contributed by atoms with Crippen molar-refractivity contribution in [3.8, 4) is 11.5 Å². The number of hydrogen-bond donors (Lipinski definition) is 2. The van der Waals surface area contributed by atoms with E-state index in [4.69, 9.17) is 10.5 Å². The van der Waals surface area contributed by atoms with Crippen LogP contribution >= 0.6 is 15.9 Å². The van der Waals surface area contributed by atoms with Crippen LogP contribution in [0.2, 0.25) is 0 Å². The first-order chi connectivity index (χ1) is 7.11. The Kier molecular flexibility index (Phi) is 4.35. The van der Waals surface area contributed by atoms with Crippen LogP contribution < -0.4 is 10.5 Å². The van der Waals surface area contributed by atoms with Crippen molar-refractivity contribution in [3.05, 3.63) is 21.9 Å². The first-order valence-electron chi connectivity index (χ1n) is 4.55. The normalized spacial score (nSPS) is 10.4. The minimum atomic E-state index is -0.457. The first kappa shape index (κ1) is 12.3. The van der Waals surface area contributed by atoms with E-state index in [1.807, 2.05) is 0 Å². The molecule has 1 rings (SSSR count). The smallest absolute Gasteiger partial charge is 0.163 e. The summed E-state index contributed by atoms with van der Waals surface area (Å²) >= 11 is 3.07. The number of benzene rings is 1. The fourth-order valence-corrected chi connectivity index (χ4v) is 1.75. The molecule has 0 amide bonds. The van der Waals surface area contributed by atoms with Gasteiger partial charge in [0.2, 0.25) is 0 Å². The van der Waals surface area contributed by atoms with E-state index in [0.29, 0.717) is 19.4 Å². The van der Waals surface area contributed by atoms with Crippen molar-refractivity contribution in [1.82, 2.24) is 0 Å². The molecule has 0 fully saturated rings. The Morgan fingerprint density at radius 1 is 1.60 bits per heavy atom. The van der Waals surface area contributed by atoms with Gasteiger partial charge in [-0.3, -0.25) is 0 Å². The second kappa shape index (κ2) is 5.32. The monoisotopic (exact) mass is 277 g/mol. The summed E-state index contributed by atoms with van der Waals surface area (Å²) in [7, 11) is 1.42. The van der Waals surface area contributed by atoms with Gasteiger partial charge in [-0.25, -0.2) is 4.39 Å². The van der Waals surface area contributed by atoms with Crippen LogP contribution in [0.15, 0.2) is 10.5 Å². The highest BCUT2D eigenvalue weighted by atomic mass is 79.9. The molecule has 5 heteroatoms. The molecule has 0 aromatic heterocycles. The van der Waals surface area contributed by atoms with Crippen molar-refractivity contribution in [3.63, 3.8) is 0 Å². The zero-order valence-corrected chi connectivity index (χ0v) is 9.97. The minimum absolute atomic E-state index is 0.147. The van der Waals surface area contributed by atoms with Gasteiger partial charge in [-0.05, 0) is 35.3 Å². The van der Waals surface area contributed by atoms with Crippen LogP contribution in [0.25, 0.3) is 0 Å². The lowest BCUT2D eigenvalue weighted by Gasteiger charge is -2.11. The van der Waals surface area contributed by atoms with Gasteiger partial charge in [0.25, 0.3) is 0 Å². The highest BCUT2D eigenvalue weighted by Crippen LogP contribution is 2.36. The predicted molar refractivity (Wildman–Crippen MR) is 59.7 cm³/mol. The second-order valence-corrected chi connectivity index (χ2v) is 3.95. The molecule has 15 heavy (non-hydrogen) atoms. The third kappa shape index (κ3) is 2.60. The standard InChI is InChI=1S/C10H13BrFNO2/c1-15-8-5-7(11)9(12)6(10(8)14)3-2-4-13/h5,14H,2-4,13H2,1H3. The van der Waals surface area contributed by atoms with E-state index < -0.39 is 5.82 Å². The van der Waals surface area contributed by atoms with Crippen LogP contribution in [0.5, 0.6) is 11.5 Å². The number of hydrogen-bond acceptors (Lipinski definition) is 3. The lowest BCUT2D eigenvalue weighted by molar-refractivity contribution is 0.366. The van der Waals surface area contributed by atoms with E-state index >= 15 is 0 Å². The number of methoxy groups -OCH3 is 1. The number of rotatable bonds is 4. The third-order valence-electron chi connectivity index (χ3n) is 2.10. The van der Waals surface area contributed by atoms with Gasteiger partial charge in [0.1, 0.15) is 5.82 Å². The van der Waals surface area contributed by atoms with Gasteiger partial charge < -0.3 is 15.6 Å². The molecule has 0 bridgehead atoms. The topological polar surface area (TPSA) is 55.5 Å². The molecular weight excluding hydrogens is 265 g/mol. The molecule has 3 nitrogen and oxygen atoms in total. The second-order valence-electron chi connectivity index (χ2n) is 3.09. The Morgan fingerprint density at radius 3 is 2.80 bits per heavy atom. The van der Waals surface area contributed by atoms with Crippen LogP contribution in [0.1, 0.15) is 12.0 Å². The number of ether oxygens (including phenoxy) is 1. The molecule has 0 aliphatic rings. The molecule has 0 unspecified atom stereocenters. The molecule has 0 spiro atoms. The quantitative estimate of drug-likeness (QED) is 0.887. The Bertz CT molecular complexity index is 358. The fraction of sp³-hybridized carbons (Fsp3) is 0.400. The van der Waals surface area contributed by atoms with Gasteiger partial charge in [-0.1, -0.05) is 0 Å². The summed E-state index contributed by atoms with van der Waals surface area (Å²) in [4.78, 5) is 0. The van der Waals surface area contributed by atoms with Gasteiger partial charge >= 0.3 is 0 Å². The van der Waals surface area contributed by atoms with E-state index in [1.54, 1.807) is 0 Å². The molecule has 84 valence electrons. The van der Waals surface area contributed by atoms with Crippen LogP contribution in [0.4, 0.5) is 4.39 Å². The molecule has 0 radical (unpaired) electrons. The maximum Gasteiger partial charge on any atom is 0.163 e. The van der Waals surface area contributed by atoms with Crippen LogP contribution in [-0.2, 0) is 6.42 Å². The summed E-state index contributed by atoms with van der Waals surface area (Å²) in [6.07, 6.45) is 1.01. The number of nitrogens with two attached hydrogens (primary N) is 1. The Labute approximate surface area is 96.2 Å². The molecule has 3 N–H and O–H groups in total. The van der Waals surface area contributed by atoms with Gasteiger partial charge in [-0.2, -0.15) is 0 Å². The van der Waals surface area contributed by atoms with Gasteiger partial charge in [0.15, 0.2) is 11.5 Å². The van der Waals surface area contributed by atoms with Crippen molar-refractivity contribution >= 4 is 15.9 Å². The minimum Gasteiger partial charge on any atom is -0.504 e. The predicted octanol–water partition coefficient (Wildman–Crippen LogP) is 2.19. The van der Waals surface area contributed by atoms with Crippen molar-refractivity contribution in [2.45, 2.75) is 12.8 Å². The Balaban J connectivity index is 3.15. The van der Waals surface area contributed by atoms with Crippen molar-refractivity contribution in [2.75, 3.05) is 13.7 Å². The molecule has 0 aliphatic heterocycles. The van der Waals surface area contributed by atoms with E-state index in [1.165, 1.54) is 13.2 Å². The highest BCUT2D eigenvalue weighted by Gasteiger charge is 2.16. The first-order valence-corrected chi connectivity index (χ1v) is 5.35. The molecule has 0 heterocycles. The van der Waals surface area contributed by atoms with Crippen LogP contribution in [0.3, 0.4) is 0 Å². The van der Waals surface area contributed by atoms with Crippen molar-refractivity contribution < 1.29 is 14.2 Å². The maximum atomic E-state index is 13.6. The van der Waals surface area contributed by atoms with Gasteiger partial charge in [0.05, 0.1) is 11.6 Å². The Hall–Kier alpha value is -0.810. The zero-order valence-electron chi connectivity index (χ0n) is 8.39. The number of phenolic OH excluding ortho intramolecular Hbond substituents is 1. The summed E-state index contributed by atoms with van der Waals surface area (Å²) < 4.78 is 18.8. The molecule has 0 aliphatic carbocycles. The average Bonchev–Trinajstić information content (AvgIpc) is 2.23. The van der Waals surface area contributed by atoms with Crippen molar-refractivity contribution in [2.24, 2.45) is 5.73 Å². The van der Waals surface area contributed by atoms with E-state index in [9.17, 15) is 9.50 Å². The summed E-state index contributed by atoms with van der Waals surface area (Å²) in [5.41, 5.74) is 5.58. The molecule has 0 saturated carbocycles. The van der Waals surface area contributed by atoms with Gasteiger partial charge in [-0.15, -0.1) is 0 Å². The molecular formula is C10H13BrFNO2. The maximum absolute atomic E-state index is 13.6. The van der Waals surface area contributed by atoms with Crippen LogP contribution in [0, 0.1) is 5.82 Å². The summed E-state index contributed by atoms with van der Waals surface area (Å²) in [6, 6.07) is 1.40. The highest BCUT2D eigenvalue weighted by molar-refractivity contribution is 9.10.